The van der Waals surface area contributed by atoms with Crippen molar-refractivity contribution in [1.29, 1.82) is 0 Å². The Morgan fingerprint density at radius 2 is 2.12 bits per heavy atom. The quantitative estimate of drug-likeness (QED) is 0.881. The second kappa shape index (κ2) is 8.09. The Morgan fingerprint density at radius 1 is 1.40 bits per heavy atom. The number of rotatable bonds is 5. The van der Waals surface area contributed by atoms with Crippen molar-refractivity contribution < 1.29 is 14.3 Å². The van der Waals surface area contributed by atoms with Gasteiger partial charge in [0.05, 0.1) is 6.61 Å². The molecule has 2 N–H and O–H groups in total. The summed E-state index contributed by atoms with van der Waals surface area (Å²) in [5.41, 5.74) is 8.09. The summed E-state index contributed by atoms with van der Waals surface area (Å²) in [4.78, 5) is 14.1. The van der Waals surface area contributed by atoms with Crippen LogP contribution in [-0.4, -0.2) is 42.8 Å². The molecule has 0 radical (unpaired) electrons. The van der Waals surface area contributed by atoms with Gasteiger partial charge >= 0.3 is 6.09 Å². The number of carbonyl (C=O) groups is 1. The van der Waals surface area contributed by atoms with Gasteiger partial charge in [-0.2, -0.15) is 0 Å². The lowest BCUT2D eigenvalue weighted by Gasteiger charge is -2.26. The molecule has 1 aliphatic rings. The van der Waals surface area contributed by atoms with E-state index < -0.39 is 5.60 Å². The Labute approximate surface area is 151 Å². The van der Waals surface area contributed by atoms with Crippen LogP contribution in [0.3, 0.4) is 0 Å². The van der Waals surface area contributed by atoms with Crippen molar-refractivity contribution >= 4 is 6.09 Å². The highest BCUT2D eigenvalue weighted by molar-refractivity contribution is 5.68. The highest BCUT2D eigenvalue weighted by Crippen LogP contribution is 2.34. The van der Waals surface area contributed by atoms with E-state index in [1.165, 1.54) is 11.1 Å². The topological polar surface area (TPSA) is 64.8 Å². The van der Waals surface area contributed by atoms with Gasteiger partial charge in [-0.05, 0) is 76.8 Å². The molecule has 0 saturated carbocycles. The highest BCUT2D eigenvalue weighted by Gasteiger charge is 2.34. The molecule has 5 nitrogen and oxygen atoms in total. The normalized spacial score (nSPS) is 19.0. The number of hydrogen-bond donors (Lipinski definition) is 1. The molecule has 1 amide bonds. The van der Waals surface area contributed by atoms with Crippen molar-refractivity contribution in [3.8, 4) is 5.75 Å². The first-order valence-electron chi connectivity index (χ1n) is 9.16. The van der Waals surface area contributed by atoms with Crippen LogP contribution in [0.4, 0.5) is 4.79 Å². The minimum atomic E-state index is -0.464. The van der Waals surface area contributed by atoms with E-state index in [0.29, 0.717) is 25.6 Å². The van der Waals surface area contributed by atoms with Gasteiger partial charge in [0.1, 0.15) is 11.4 Å². The SMILES string of the molecule is CCOc1ccc(C(CN)C2CCN(C(=O)OC(C)(C)C)C2)c(C)c1. The van der Waals surface area contributed by atoms with Gasteiger partial charge in [0, 0.05) is 19.0 Å². The predicted octanol–water partition coefficient (Wildman–Crippen LogP) is 3.69. The van der Waals surface area contributed by atoms with Gasteiger partial charge in [0.15, 0.2) is 0 Å². The number of hydrogen-bond acceptors (Lipinski definition) is 4. The molecule has 0 bridgehead atoms. The lowest BCUT2D eigenvalue weighted by Crippen LogP contribution is -2.36. The minimum absolute atomic E-state index is 0.228. The molecule has 1 saturated heterocycles. The van der Waals surface area contributed by atoms with E-state index >= 15 is 0 Å². The number of nitrogens with two attached hydrogens (primary N) is 1. The lowest BCUT2D eigenvalue weighted by molar-refractivity contribution is 0.0286. The molecule has 2 atom stereocenters. The zero-order chi connectivity index (χ0) is 18.6. The molecule has 2 unspecified atom stereocenters. The first kappa shape index (κ1) is 19.6. The first-order valence-corrected chi connectivity index (χ1v) is 9.16. The molecule has 1 aromatic rings. The highest BCUT2D eigenvalue weighted by atomic mass is 16.6. The standard InChI is InChI=1S/C20H32N2O3/c1-6-24-16-7-8-17(14(2)11-16)18(12-21)15-9-10-22(13-15)19(23)25-20(3,4)5/h7-8,11,15,18H,6,9-10,12-13,21H2,1-5H3. The molecule has 25 heavy (non-hydrogen) atoms. The van der Waals surface area contributed by atoms with Gasteiger partial charge in [0.25, 0.3) is 0 Å². The summed E-state index contributed by atoms with van der Waals surface area (Å²) in [7, 11) is 0. The zero-order valence-electron chi connectivity index (χ0n) is 16.2. The van der Waals surface area contributed by atoms with E-state index in [-0.39, 0.29) is 12.0 Å². The first-order chi connectivity index (χ1) is 11.7. The molecule has 1 aliphatic heterocycles. The number of ether oxygens (including phenoxy) is 2. The summed E-state index contributed by atoms with van der Waals surface area (Å²) >= 11 is 0. The van der Waals surface area contributed by atoms with Crippen LogP contribution in [0.15, 0.2) is 18.2 Å². The monoisotopic (exact) mass is 348 g/mol. The van der Waals surface area contributed by atoms with Gasteiger partial charge in [0.2, 0.25) is 0 Å². The molecule has 1 heterocycles. The van der Waals surface area contributed by atoms with E-state index in [0.717, 1.165) is 18.7 Å². The molecule has 0 aliphatic carbocycles. The summed E-state index contributed by atoms with van der Waals surface area (Å²) in [6, 6.07) is 6.20. The Morgan fingerprint density at radius 3 is 2.68 bits per heavy atom. The molecule has 5 heteroatoms. The molecule has 1 fully saturated rings. The van der Waals surface area contributed by atoms with Crippen molar-refractivity contribution in [3.05, 3.63) is 29.3 Å². The van der Waals surface area contributed by atoms with Gasteiger partial charge in [-0.3, -0.25) is 0 Å². The average molecular weight is 348 g/mol. The summed E-state index contributed by atoms with van der Waals surface area (Å²) < 4.78 is 11.1. The van der Waals surface area contributed by atoms with Crippen molar-refractivity contribution in [2.24, 2.45) is 11.7 Å². The molecule has 1 aromatic carbocycles. The Kier molecular flexibility index (Phi) is 6.33. The summed E-state index contributed by atoms with van der Waals surface area (Å²) in [5, 5.41) is 0. The van der Waals surface area contributed by atoms with Crippen LogP contribution in [0.25, 0.3) is 0 Å². The fourth-order valence-electron chi connectivity index (χ4n) is 3.50. The molecule has 0 aromatic heterocycles. The number of benzene rings is 1. The van der Waals surface area contributed by atoms with Crippen LogP contribution in [0, 0.1) is 12.8 Å². The van der Waals surface area contributed by atoms with Crippen LogP contribution in [0.2, 0.25) is 0 Å². The van der Waals surface area contributed by atoms with Crippen molar-refractivity contribution in [1.82, 2.24) is 4.90 Å². The maximum absolute atomic E-state index is 12.3. The molecular weight excluding hydrogens is 316 g/mol. The third kappa shape index (κ3) is 5.11. The second-order valence-electron chi connectivity index (χ2n) is 7.77. The summed E-state index contributed by atoms with van der Waals surface area (Å²) in [5.74, 6) is 1.48. The third-order valence-electron chi connectivity index (χ3n) is 4.65. The van der Waals surface area contributed by atoms with Crippen molar-refractivity contribution in [3.63, 3.8) is 0 Å². The van der Waals surface area contributed by atoms with Crippen LogP contribution < -0.4 is 10.5 Å². The summed E-state index contributed by atoms with van der Waals surface area (Å²) in [6.45, 7) is 12.4. The predicted molar refractivity (Wildman–Crippen MR) is 100 cm³/mol. The fourth-order valence-corrected chi connectivity index (χ4v) is 3.50. The van der Waals surface area contributed by atoms with Gasteiger partial charge < -0.3 is 20.1 Å². The number of aryl methyl sites for hydroxylation is 1. The van der Waals surface area contributed by atoms with Crippen LogP contribution in [-0.2, 0) is 4.74 Å². The average Bonchev–Trinajstić information content (AvgIpc) is 2.98. The zero-order valence-corrected chi connectivity index (χ0v) is 16.2. The van der Waals surface area contributed by atoms with Crippen LogP contribution >= 0.6 is 0 Å². The second-order valence-corrected chi connectivity index (χ2v) is 7.77. The van der Waals surface area contributed by atoms with Crippen molar-refractivity contribution in [2.75, 3.05) is 26.2 Å². The summed E-state index contributed by atoms with van der Waals surface area (Å²) in [6.07, 6.45) is 0.725. The maximum Gasteiger partial charge on any atom is 0.410 e. The van der Waals surface area contributed by atoms with E-state index in [9.17, 15) is 4.79 Å². The van der Waals surface area contributed by atoms with Gasteiger partial charge in [-0.1, -0.05) is 6.07 Å². The fraction of sp³-hybridized carbons (Fsp3) is 0.650. The van der Waals surface area contributed by atoms with E-state index in [4.69, 9.17) is 15.2 Å². The Hall–Kier alpha value is -1.75. The third-order valence-corrected chi connectivity index (χ3v) is 4.65. The van der Waals surface area contributed by atoms with Crippen molar-refractivity contribution in [2.45, 2.75) is 52.6 Å². The van der Waals surface area contributed by atoms with Gasteiger partial charge in [-0.15, -0.1) is 0 Å². The number of nitrogens with zero attached hydrogens (tertiary/aromatic N) is 1. The van der Waals surface area contributed by atoms with Gasteiger partial charge in [-0.25, -0.2) is 4.79 Å². The van der Waals surface area contributed by atoms with E-state index in [1.807, 2.05) is 38.7 Å². The Balaban J connectivity index is 2.08. The maximum atomic E-state index is 12.3. The molecule has 140 valence electrons. The molecule has 0 spiro atoms. The molecule has 2 rings (SSSR count). The number of amides is 1. The lowest BCUT2D eigenvalue weighted by atomic mass is 9.83. The van der Waals surface area contributed by atoms with Crippen LogP contribution in [0.5, 0.6) is 5.75 Å². The largest absolute Gasteiger partial charge is 0.494 e. The van der Waals surface area contributed by atoms with Crippen LogP contribution in [0.1, 0.15) is 51.2 Å². The number of likely N-dealkylation sites (tertiary alicyclic amines) is 1. The smallest absolute Gasteiger partial charge is 0.410 e. The minimum Gasteiger partial charge on any atom is -0.494 e. The Bertz CT molecular complexity index is 595. The van der Waals surface area contributed by atoms with E-state index in [2.05, 4.69) is 19.1 Å². The molecular formula is C20H32N2O3. The van der Waals surface area contributed by atoms with E-state index in [1.54, 1.807) is 0 Å². The number of carbonyl (C=O) groups excluding carboxylic acids is 1.